The van der Waals surface area contributed by atoms with E-state index in [0.717, 1.165) is 54.9 Å². The smallest absolute Gasteiger partial charge is 0.223 e. The van der Waals surface area contributed by atoms with Crippen LogP contribution in [0.3, 0.4) is 0 Å². The Morgan fingerprint density at radius 2 is 2.04 bits per heavy atom. The summed E-state index contributed by atoms with van der Waals surface area (Å²) in [5.74, 6) is 2.57. The lowest BCUT2D eigenvalue weighted by Crippen LogP contribution is -2.65. The lowest BCUT2D eigenvalue weighted by atomic mass is 9.61. The summed E-state index contributed by atoms with van der Waals surface area (Å²) in [6.07, 6.45) is 7.73. The number of carbonyl (C=O) groups is 1. The topological polar surface area (TPSA) is 69.2 Å². The summed E-state index contributed by atoms with van der Waals surface area (Å²) >= 11 is 0. The molecule has 3 saturated carbocycles. The van der Waals surface area contributed by atoms with Gasteiger partial charge in [-0.3, -0.25) is 4.79 Å². The Kier molecular flexibility index (Phi) is 3.54. The molecular weight excluding hydrogens is 350 g/mol. The molecule has 0 spiro atoms. The van der Waals surface area contributed by atoms with E-state index in [2.05, 4.69) is 35.0 Å². The van der Waals surface area contributed by atoms with Gasteiger partial charge < -0.3 is 15.0 Å². The van der Waals surface area contributed by atoms with Crippen molar-refractivity contribution in [3.05, 3.63) is 29.6 Å². The molecule has 28 heavy (non-hydrogen) atoms. The van der Waals surface area contributed by atoms with Crippen molar-refractivity contribution in [2.75, 3.05) is 0 Å². The molecular formula is C23H29N3O2. The first-order chi connectivity index (χ1) is 13.5. The summed E-state index contributed by atoms with van der Waals surface area (Å²) in [6, 6.07) is 7.03. The average Bonchev–Trinajstić information content (AvgIpc) is 3.38. The molecule has 0 radical (unpaired) electrons. The first-order valence-electron chi connectivity index (χ1n) is 11.0. The van der Waals surface area contributed by atoms with Crippen LogP contribution in [-0.2, 0) is 4.79 Å². The third-order valence-electron chi connectivity index (χ3n) is 7.71. The lowest BCUT2D eigenvalue weighted by molar-refractivity contribution is -0.174. The molecule has 5 aliphatic rings. The van der Waals surface area contributed by atoms with E-state index in [9.17, 15) is 9.90 Å². The van der Waals surface area contributed by atoms with Gasteiger partial charge in [-0.2, -0.15) is 0 Å². The van der Waals surface area contributed by atoms with Crippen LogP contribution in [-0.4, -0.2) is 43.6 Å². The van der Waals surface area contributed by atoms with Gasteiger partial charge in [-0.05, 0) is 74.5 Å². The van der Waals surface area contributed by atoms with Crippen molar-refractivity contribution in [2.45, 2.75) is 87.8 Å². The second kappa shape index (κ2) is 5.82. The zero-order chi connectivity index (χ0) is 19.0. The van der Waals surface area contributed by atoms with Crippen molar-refractivity contribution < 1.29 is 9.90 Å². The molecule has 5 nitrogen and oxygen atoms in total. The van der Waals surface area contributed by atoms with Gasteiger partial charge in [0.1, 0.15) is 5.82 Å². The predicted octanol–water partition coefficient (Wildman–Crippen LogP) is 3.84. The van der Waals surface area contributed by atoms with Gasteiger partial charge in [0.05, 0.1) is 16.6 Å². The minimum atomic E-state index is -0.503. The molecule has 4 bridgehead atoms. The van der Waals surface area contributed by atoms with Gasteiger partial charge in [-0.25, -0.2) is 4.98 Å². The van der Waals surface area contributed by atoms with Crippen molar-refractivity contribution >= 4 is 16.9 Å². The van der Waals surface area contributed by atoms with Crippen LogP contribution in [0.4, 0.5) is 0 Å². The molecule has 3 heterocycles. The van der Waals surface area contributed by atoms with E-state index in [1.165, 1.54) is 18.4 Å². The summed E-state index contributed by atoms with van der Waals surface area (Å²) in [6.45, 7) is 2.10. The molecule has 5 heteroatoms. The maximum atomic E-state index is 13.2. The van der Waals surface area contributed by atoms with Crippen molar-refractivity contribution in [3.8, 4) is 0 Å². The van der Waals surface area contributed by atoms with E-state index in [-0.39, 0.29) is 23.9 Å². The first kappa shape index (κ1) is 17.0. The molecule has 3 atom stereocenters. The number of benzene rings is 1. The molecule has 1 amide bonds. The number of aromatic amines is 1. The summed E-state index contributed by atoms with van der Waals surface area (Å²) in [5.41, 5.74) is 2.99. The van der Waals surface area contributed by atoms with E-state index in [1.807, 2.05) is 0 Å². The molecule has 2 aliphatic heterocycles. The SMILES string of the molecule is CC(CC(=O)N1C2CC3CC1CC(O)(C3)C2)c1nc2ccc(C3CC3)cc2[nH]1. The van der Waals surface area contributed by atoms with Gasteiger partial charge in [0, 0.05) is 24.4 Å². The highest BCUT2D eigenvalue weighted by molar-refractivity contribution is 5.79. The Morgan fingerprint density at radius 1 is 1.29 bits per heavy atom. The molecule has 2 N–H and O–H groups in total. The fraction of sp³-hybridized carbons (Fsp3) is 0.652. The third-order valence-corrected chi connectivity index (χ3v) is 7.71. The molecule has 1 aromatic heterocycles. The average molecular weight is 380 g/mol. The summed E-state index contributed by atoms with van der Waals surface area (Å²) in [4.78, 5) is 23.6. The Balaban J connectivity index is 1.19. The van der Waals surface area contributed by atoms with Crippen LogP contribution in [0.1, 0.15) is 81.5 Å². The molecule has 3 unspecified atom stereocenters. The minimum Gasteiger partial charge on any atom is -0.390 e. The Labute approximate surface area is 165 Å². The van der Waals surface area contributed by atoms with E-state index in [1.54, 1.807) is 0 Å². The first-order valence-corrected chi connectivity index (χ1v) is 11.0. The number of nitrogens with one attached hydrogen (secondary N) is 1. The third kappa shape index (κ3) is 2.70. The van der Waals surface area contributed by atoms with Gasteiger partial charge >= 0.3 is 0 Å². The predicted molar refractivity (Wildman–Crippen MR) is 107 cm³/mol. The summed E-state index contributed by atoms with van der Waals surface area (Å²) < 4.78 is 0. The highest BCUT2D eigenvalue weighted by Gasteiger charge is 2.54. The monoisotopic (exact) mass is 379 g/mol. The molecule has 2 aromatic rings. The van der Waals surface area contributed by atoms with Crippen molar-refractivity contribution in [1.82, 2.24) is 14.9 Å². The van der Waals surface area contributed by atoms with Crippen LogP contribution in [0.25, 0.3) is 11.0 Å². The fourth-order valence-corrected chi connectivity index (χ4v) is 6.41. The Hall–Kier alpha value is -1.88. The van der Waals surface area contributed by atoms with Crippen LogP contribution in [0, 0.1) is 5.92 Å². The van der Waals surface area contributed by atoms with E-state index in [0.29, 0.717) is 12.3 Å². The van der Waals surface area contributed by atoms with E-state index >= 15 is 0 Å². The Morgan fingerprint density at radius 3 is 2.71 bits per heavy atom. The van der Waals surface area contributed by atoms with Crippen molar-refractivity contribution in [3.63, 3.8) is 0 Å². The molecule has 1 aromatic carbocycles. The van der Waals surface area contributed by atoms with Crippen LogP contribution >= 0.6 is 0 Å². The largest absolute Gasteiger partial charge is 0.390 e. The maximum Gasteiger partial charge on any atom is 0.223 e. The van der Waals surface area contributed by atoms with Gasteiger partial charge in [0.25, 0.3) is 0 Å². The highest BCUT2D eigenvalue weighted by Crippen LogP contribution is 2.51. The number of rotatable bonds is 4. The van der Waals surface area contributed by atoms with Gasteiger partial charge in [-0.15, -0.1) is 0 Å². The Bertz CT molecular complexity index is 930. The number of carbonyl (C=O) groups excluding carboxylic acids is 1. The number of imidazole rings is 1. The number of aliphatic hydroxyl groups is 1. The minimum absolute atomic E-state index is 0.0737. The molecule has 5 fully saturated rings. The molecule has 3 aliphatic carbocycles. The number of fused-ring (bicyclic) bond motifs is 1. The number of nitrogens with zero attached hydrogens (tertiary/aromatic N) is 2. The fourth-order valence-electron chi connectivity index (χ4n) is 6.41. The summed E-state index contributed by atoms with van der Waals surface area (Å²) in [5, 5.41) is 10.8. The number of aromatic nitrogens is 2. The molecule has 148 valence electrons. The van der Waals surface area contributed by atoms with Crippen LogP contribution in [0.15, 0.2) is 18.2 Å². The molecule has 2 saturated heterocycles. The van der Waals surface area contributed by atoms with E-state index in [4.69, 9.17) is 4.98 Å². The number of H-pyrrole nitrogens is 1. The van der Waals surface area contributed by atoms with Crippen molar-refractivity contribution in [2.24, 2.45) is 5.92 Å². The summed E-state index contributed by atoms with van der Waals surface area (Å²) in [7, 11) is 0. The van der Waals surface area contributed by atoms with E-state index < -0.39 is 5.60 Å². The van der Waals surface area contributed by atoms with Gasteiger partial charge in [-0.1, -0.05) is 13.0 Å². The quantitative estimate of drug-likeness (QED) is 0.848. The standard InChI is InChI=1S/C23H29N3O2/c1-13(22-24-19-5-4-16(15-2-3-15)9-20(19)25-22)6-21(27)26-17-7-14-8-18(26)12-23(28,10-14)11-17/h4-5,9,13-15,17-18,28H,2-3,6-8,10-12H2,1H3,(H,24,25). The van der Waals surface area contributed by atoms with Crippen LogP contribution in [0.2, 0.25) is 0 Å². The highest BCUT2D eigenvalue weighted by atomic mass is 16.3. The second-order valence-electron chi connectivity index (χ2n) is 10.1. The van der Waals surface area contributed by atoms with Gasteiger partial charge in [0.2, 0.25) is 5.91 Å². The number of hydrogen-bond acceptors (Lipinski definition) is 3. The normalized spacial score (nSPS) is 34.9. The number of piperidine rings is 2. The van der Waals surface area contributed by atoms with Crippen LogP contribution < -0.4 is 0 Å². The van der Waals surface area contributed by atoms with Crippen molar-refractivity contribution in [1.29, 1.82) is 0 Å². The number of amides is 1. The maximum absolute atomic E-state index is 13.2. The second-order valence-corrected chi connectivity index (χ2v) is 10.1. The van der Waals surface area contributed by atoms with Crippen LogP contribution in [0.5, 0.6) is 0 Å². The zero-order valence-electron chi connectivity index (χ0n) is 16.5. The van der Waals surface area contributed by atoms with Gasteiger partial charge in [0.15, 0.2) is 0 Å². The molecule has 7 rings (SSSR count). The number of hydrogen-bond donors (Lipinski definition) is 2. The zero-order valence-corrected chi connectivity index (χ0v) is 16.5. The lowest BCUT2D eigenvalue weighted by Gasteiger charge is -2.59.